The van der Waals surface area contributed by atoms with Crippen LogP contribution in [0.4, 0.5) is 0 Å². The van der Waals surface area contributed by atoms with Crippen LogP contribution in [-0.2, 0) is 4.74 Å². The van der Waals surface area contributed by atoms with Crippen LogP contribution in [0.1, 0.15) is 70.6 Å². The monoisotopic (exact) mass is 280 g/mol. The fourth-order valence-electron chi connectivity index (χ4n) is 4.83. The first-order valence-corrected chi connectivity index (χ1v) is 8.93. The highest BCUT2D eigenvalue weighted by molar-refractivity contribution is 4.95. The van der Waals surface area contributed by atoms with Gasteiger partial charge in [0.15, 0.2) is 0 Å². The number of rotatable bonds is 4. The lowest BCUT2D eigenvalue weighted by molar-refractivity contribution is -0.125. The van der Waals surface area contributed by atoms with E-state index in [1.165, 1.54) is 77.2 Å². The highest BCUT2D eigenvalue weighted by Crippen LogP contribution is 2.41. The molecule has 2 unspecified atom stereocenters. The van der Waals surface area contributed by atoms with Gasteiger partial charge in [-0.2, -0.15) is 0 Å². The molecule has 2 atom stereocenters. The van der Waals surface area contributed by atoms with Crippen LogP contribution in [0.25, 0.3) is 0 Å². The summed E-state index contributed by atoms with van der Waals surface area (Å²) in [4.78, 5) is 2.83. The summed E-state index contributed by atoms with van der Waals surface area (Å²) in [5.74, 6) is 0. The molecule has 0 radical (unpaired) electrons. The van der Waals surface area contributed by atoms with E-state index in [1.54, 1.807) is 0 Å². The van der Waals surface area contributed by atoms with Gasteiger partial charge in [-0.15, -0.1) is 0 Å². The lowest BCUT2D eigenvalue weighted by Gasteiger charge is -2.47. The molecule has 0 aromatic rings. The minimum absolute atomic E-state index is 0.252. The summed E-state index contributed by atoms with van der Waals surface area (Å²) in [7, 11) is 0. The number of hydrogen-bond acceptors (Lipinski definition) is 3. The predicted octanol–water partition coefficient (Wildman–Crippen LogP) is 3.07. The van der Waals surface area contributed by atoms with Gasteiger partial charge in [0.2, 0.25) is 0 Å². The molecule has 3 nitrogen and oxygen atoms in total. The fraction of sp³-hybridized carbons (Fsp3) is 1.00. The Morgan fingerprint density at radius 1 is 1.10 bits per heavy atom. The van der Waals surface area contributed by atoms with Crippen molar-refractivity contribution in [1.82, 2.24) is 4.90 Å². The third kappa shape index (κ3) is 3.20. The summed E-state index contributed by atoms with van der Waals surface area (Å²) >= 11 is 0. The van der Waals surface area contributed by atoms with E-state index in [0.717, 1.165) is 25.2 Å². The molecule has 2 aliphatic heterocycles. The number of ether oxygens (including phenoxy) is 1. The Balaban J connectivity index is 1.60. The molecule has 3 fully saturated rings. The average Bonchev–Trinajstić information content (AvgIpc) is 2.94. The van der Waals surface area contributed by atoms with E-state index in [9.17, 15) is 0 Å². The van der Waals surface area contributed by atoms with E-state index in [1.807, 2.05) is 0 Å². The van der Waals surface area contributed by atoms with Gasteiger partial charge >= 0.3 is 0 Å². The van der Waals surface area contributed by atoms with Gasteiger partial charge in [0.25, 0.3) is 0 Å². The molecule has 116 valence electrons. The van der Waals surface area contributed by atoms with Gasteiger partial charge in [0, 0.05) is 18.7 Å². The van der Waals surface area contributed by atoms with Gasteiger partial charge in [-0.05, 0) is 64.5 Å². The lowest BCUT2D eigenvalue weighted by atomic mass is 9.78. The minimum Gasteiger partial charge on any atom is -0.375 e. The van der Waals surface area contributed by atoms with Crippen molar-refractivity contribution in [1.29, 1.82) is 0 Å². The summed E-state index contributed by atoms with van der Waals surface area (Å²) < 4.78 is 6.27. The van der Waals surface area contributed by atoms with E-state index in [2.05, 4.69) is 4.90 Å². The van der Waals surface area contributed by atoms with Crippen LogP contribution in [0.5, 0.6) is 0 Å². The molecule has 1 spiro atoms. The zero-order valence-corrected chi connectivity index (χ0v) is 13.0. The molecule has 2 saturated heterocycles. The summed E-state index contributed by atoms with van der Waals surface area (Å²) in [5.41, 5.74) is 5.96. The molecule has 3 rings (SSSR count). The van der Waals surface area contributed by atoms with Crippen molar-refractivity contribution in [3.8, 4) is 0 Å². The van der Waals surface area contributed by atoms with Crippen molar-refractivity contribution >= 4 is 0 Å². The summed E-state index contributed by atoms with van der Waals surface area (Å²) in [6, 6.07) is 1.59. The van der Waals surface area contributed by atoms with E-state index in [0.29, 0.717) is 0 Å². The highest BCUT2D eigenvalue weighted by atomic mass is 16.5. The fourth-order valence-corrected chi connectivity index (χ4v) is 4.83. The van der Waals surface area contributed by atoms with E-state index < -0.39 is 0 Å². The van der Waals surface area contributed by atoms with Gasteiger partial charge < -0.3 is 10.5 Å². The first-order chi connectivity index (χ1) is 9.83. The summed E-state index contributed by atoms with van der Waals surface area (Å²) in [6.07, 6.45) is 14.6. The zero-order chi connectivity index (χ0) is 13.8. The average molecular weight is 280 g/mol. The van der Waals surface area contributed by atoms with E-state index in [4.69, 9.17) is 10.5 Å². The smallest absolute Gasteiger partial charge is 0.0697 e. The van der Waals surface area contributed by atoms with Crippen molar-refractivity contribution < 1.29 is 4.74 Å². The number of likely N-dealkylation sites (tertiary alicyclic amines) is 1. The van der Waals surface area contributed by atoms with Crippen molar-refractivity contribution in [2.75, 3.05) is 19.7 Å². The zero-order valence-electron chi connectivity index (χ0n) is 13.0. The maximum absolute atomic E-state index is 6.27. The molecule has 1 aliphatic carbocycles. The second-order valence-corrected chi connectivity index (χ2v) is 7.20. The van der Waals surface area contributed by atoms with Crippen molar-refractivity contribution in [3.05, 3.63) is 0 Å². The van der Waals surface area contributed by atoms with E-state index in [-0.39, 0.29) is 5.60 Å². The second-order valence-electron chi connectivity index (χ2n) is 7.20. The molecule has 2 N–H and O–H groups in total. The molecule has 2 heterocycles. The number of hydrogen-bond donors (Lipinski definition) is 1. The largest absolute Gasteiger partial charge is 0.375 e. The number of nitrogens with two attached hydrogens (primary N) is 1. The predicted molar refractivity (Wildman–Crippen MR) is 82.8 cm³/mol. The van der Waals surface area contributed by atoms with Crippen LogP contribution in [0.3, 0.4) is 0 Å². The van der Waals surface area contributed by atoms with Gasteiger partial charge in [-0.25, -0.2) is 0 Å². The standard InChI is InChI=1S/C17H32N2O/c18-11-4-6-15-7-5-12-19(15)16-8-13-20-17(14-16)9-2-1-3-10-17/h15-16H,1-14,18H2. The van der Waals surface area contributed by atoms with Crippen LogP contribution in [0.15, 0.2) is 0 Å². The molecule has 1 saturated carbocycles. The van der Waals surface area contributed by atoms with Gasteiger partial charge in [0.1, 0.15) is 0 Å². The Bertz CT molecular complexity index is 296. The van der Waals surface area contributed by atoms with Crippen LogP contribution >= 0.6 is 0 Å². The lowest BCUT2D eigenvalue weighted by Crippen LogP contribution is -2.50. The third-order valence-corrected chi connectivity index (χ3v) is 5.86. The Labute approximate surface area is 124 Å². The van der Waals surface area contributed by atoms with Crippen LogP contribution < -0.4 is 5.73 Å². The molecule has 20 heavy (non-hydrogen) atoms. The maximum atomic E-state index is 6.27. The normalized spacial score (nSPS) is 34.6. The second kappa shape index (κ2) is 6.76. The molecule has 0 aromatic heterocycles. The van der Waals surface area contributed by atoms with Crippen LogP contribution in [-0.4, -0.2) is 42.3 Å². The topological polar surface area (TPSA) is 38.5 Å². The molecule has 0 bridgehead atoms. The molecule has 3 heteroatoms. The van der Waals surface area contributed by atoms with Crippen molar-refractivity contribution in [2.45, 2.75) is 88.3 Å². The third-order valence-electron chi connectivity index (χ3n) is 5.86. The van der Waals surface area contributed by atoms with Crippen LogP contribution in [0, 0.1) is 0 Å². The quantitative estimate of drug-likeness (QED) is 0.860. The maximum Gasteiger partial charge on any atom is 0.0697 e. The molecular formula is C17H32N2O. The van der Waals surface area contributed by atoms with E-state index >= 15 is 0 Å². The Hall–Kier alpha value is -0.120. The SMILES string of the molecule is NCCCC1CCCN1C1CCOC2(CCCCC2)C1. The molecule has 0 amide bonds. The van der Waals surface area contributed by atoms with Gasteiger partial charge in [0.05, 0.1) is 5.60 Å². The Morgan fingerprint density at radius 2 is 1.95 bits per heavy atom. The minimum atomic E-state index is 0.252. The Morgan fingerprint density at radius 3 is 2.75 bits per heavy atom. The summed E-state index contributed by atoms with van der Waals surface area (Å²) in [6.45, 7) is 3.16. The van der Waals surface area contributed by atoms with Gasteiger partial charge in [-0.3, -0.25) is 4.90 Å². The van der Waals surface area contributed by atoms with Gasteiger partial charge in [-0.1, -0.05) is 19.3 Å². The highest BCUT2D eigenvalue weighted by Gasteiger charge is 2.42. The molecule has 0 aromatic carbocycles. The Kier molecular flexibility index (Phi) is 5.00. The molecule has 3 aliphatic rings. The van der Waals surface area contributed by atoms with Crippen molar-refractivity contribution in [3.63, 3.8) is 0 Å². The summed E-state index contributed by atoms with van der Waals surface area (Å²) in [5, 5.41) is 0. The number of nitrogens with zero attached hydrogens (tertiary/aromatic N) is 1. The molecular weight excluding hydrogens is 248 g/mol. The first-order valence-electron chi connectivity index (χ1n) is 8.93. The van der Waals surface area contributed by atoms with Crippen LogP contribution in [0.2, 0.25) is 0 Å². The van der Waals surface area contributed by atoms with Crippen molar-refractivity contribution in [2.24, 2.45) is 5.73 Å². The first kappa shape index (κ1) is 14.8.